The van der Waals surface area contributed by atoms with E-state index in [1.807, 2.05) is 72.8 Å². The first-order valence-electron chi connectivity index (χ1n) is 26.8. The number of carbonyl (C=O) groups is 7. The van der Waals surface area contributed by atoms with Crippen molar-refractivity contribution in [3.8, 4) is 0 Å². The maximum Gasteiger partial charge on any atom is 0.246 e. The van der Waals surface area contributed by atoms with E-state index in [1.54, 1.807) is 37.7 Å². The van der Waals surface area contributed by atoms with Gasteiger partial charge in [-0.1, -0.05) is 97.1 Å². The summed E-state index contributed by atoms with van der Waals surface area (Å²) in [5.41, 5.74) is 7.94. The Hall–Kier alpha value is -6.71. The number of hydrogen-bond acceptors (Lipinski definition) is 9. The summed E-state index contributed by atoms with van der Waals surface area (Å²) < 4.78 is 0. The molecule has 0 unspecified atom stereocenters. The SMILES string of the molecule is CN[C@@H](C)C(=O)N[C@@H](Cc1ccc(CC(=O)Cc2ccc(C[C@H](NC(=O)[C@H](C)NC)C(=O)N3CCC[C@H]3C(=O)N[C@@H]3CCCc4ccccc43)cc2)cc1)C(=O)N1CCC[C@H]1C(=O)N[C@@H]1CCCc2ccccc21. The number of ketones is 1. The first-order valence-corrected chi connectivity index (χ1v) is 26.8. The Bertz CT molecular complexity index is 2480. The van der Waals surface area contributed by atoms with Crippen LogP contribution in [-0.2, 0) is 72.1 Å². The summed E-state index contributed by atoms with van der Waals surface area (Å²) in [7, 11) is 3.36. The molecule has 74 heavy (non-hydrogen) atoms. The van der Waals surface area contributed by atoms with Crippen molar-refractivity contribution in [3.63, 3.8) is 0 Å². The van der Waals surface area contributed by atoms with Crippen LogP contribution < -0.4 is 31.9 Å². The van der Waals surface area contributed by atoms with Gasteiger partial charge in [0.15, 0.2) is 0 Å². The monoisotopic (exact) mass is 1010 g/mol. The van der Waals surface area contributed by atoms with E-state index in [4.69, 9.17) is 0 Å². The highest BCUT2D eigenvalue weighted by Gasteiger charge is 2.41. The van der Waals surface area contributed by atoms with Gasteiger partial charge < -0.3 is 41.7 Å². The zero-order valence-electron chi connectivity index (χ0n) is 43.4. The van der Waals surface area contributed by atoms with Crippen molar-refractivity contribution in [2.75, 3.05) is 27.2 Å². The molecular formula is C59H74N8O7. The number of hydrogen-bond donors (Lipinski definition) is 6. The number of amides is 6. The highest BCUT2D eigenvalue weighted by molar-refractivity contribution is 5.95. The van der Waals surface area contributed by atoms with Crippen molar-refractivity contribution in [2.45, 2.75) is 152 Å². The van der Waals surface area contributed by atoms with Gasteiger partial charge in [0.1, 0.15) is 30.0 Å². The standard InChI is InChI=1S/C59H74N8O7/c1-37(60-3)54(69)64-50(58(73)66-31-11-21-52(66)56(71)62-48-19-9-15-43-13-5-7-17-46(43)48)35-41-27-23-39(24-28-41)33-45(68)34-40-25-29-42(30-26-40)36-51(65-55(70)38(2)61-4)59(74)67-32-12-22-53(67)57(72)63-49-20-10-16-44-14-6-8-18-47(44)49/h5-8,13-14,17-18,23-30,37-38,48-53,60-61H,9-12,15-16,19-22,31-36H2,1-4H3,(H,62,71)(H,63,72)(H,64,69)(H,65,70)/t37-,38-,48+,49+,50-,51-,52-,53-/m0/s1. The van der Waals surface area contributed by atoms with Crippen LogP contribution in [0.1, 0.15) is 122 Å². The van der Waals surface area contributed by atoms with Crippen LogP contribution in [0.15, 0.2) is 97.1 Å². The molecule has 2 aliphatic carbocycles. The van der Waals surface area contributed by atoms with E-state index in [0.717, 1.165) is 71.9 Å². The normalized spacial score (nSPS) is 20.8. The van der Waals surface area contributed by atoms with Gasteiger partial charge in [0.05, 0.1) is 24.2 Å². The fourth-order valence-electron chi connectivity index (χ4n) is 11.2. The van der Waals surface area contributed by atoms with E-state index in [9.17, 15) is 33.6 Å². The fourth-order valence-corrected chi connectivity index (χ4v) is 11.2. The highest BCUT2D eigenvalue weighted by Crippen LogP contribution is 2.32. The van der Waals surface area contributed by atoms with Crippen molar-refractivity contribution < 1.29 is 33.6 Å². The molecule has 0 spiro atoms. The maximum absolute atomic E-state index is 14.4. The van der Waals surface area contributed by atoms with Crippen LogP contribution in [0.4, 0.5) is 0 Å². The number of nitrogens with one attached hydrogen (secondary N) is 6. The third-order valence-corrected chi connectivity index (χ3v) is 15.7. The van der Waals surface area contributed by atoms with Gasteiger partial charge in [0.2, 0.25) is 35.4 Å². The molecule has 6 N–H and O–H groups in total. The molecule has 15 heteroatoms. The number of aryl methyl sites for hydroxylation is 2. The lowest BCUT2D eigenvalue weighted by atomic mass is 9.87. The van der Waals surface area contributed by atoms with E-state index >= 15 is 0 Å². The molecule has 4 aromatic carbocycles. The number of likely N-dealkylation sites (tertiary alicyclic amines) is 2. The number of carbonyl (C=O) groups excluding carboxylic acids is 7. The van der Waals surface area contributed by atoms with Gasteiger partial charge in [0, 0.05) is 38.8 Å². The molecule has 2 fully saturated rings. The molecule has 4 aliphatic rings. The Kier molecular flexibility index (Phi) is 18.1. The third kappa shape index (κ3) is 13.1. The third-order valence-electron chi connectivity index (χ3n) is 15.7. The van der Waals surface area contributed by atoms with Gasteiger partial charge in [-0.05, 0) is 137 Å². The van der Waals surface area contributed by atoms with Gasteiger partial charge in [-0.3, -0.25) is 33.6 Å². The molecule has 2 heterocycles. The molecule has 2 saturated heterocycles. The average Bonchev–Trinajstić information content (AvgIpc) is 4.13. The second-order valence-electron chi connectivity index (χ2n) is 20.8. The number of rotatable bonds is 20. The van der Waals surface area contributed by atoms with Crippen LogP contribution in [0.25, 0.3) is 0 Å². The lowest BCUT2D eigenvalue weighted by Gasteiger charge is -2.32. The predicted molar refractivity (Wildman–Crippen MR) is 284 cm³/mol. The van der Waals surface area contributed by atoms with E-state index in [0.29, 0.717) is 38.8 Å². The minimum absolute atomic E-state index is 0.00150. The topological polar surface area (TPSA) is 198 Å². The molecule has 0 bridgehead atoms. The van der Waals surface area contributed by atoms with Crippen LogP contribution in [-0.4, -0.2) is 114 Å². The Labute approximate surface area is 435 Å². The summed E-state index contributed by atoms with van der Waals surface area (Å²) in [6.07, 6.45) is 8.81. The van der Waals surface area contributed by atoms with Crippen molar-refractivity contribution in [1.29, 1.82) is 0 Å². The molecule has 392 valence electrons. The Morgan fingerprint density at radius 3 is 1.27 bits per heavy atom. The lowest BCUT2D eigenvalue weighted by molar-refractivity contribution is -0.141. The average molecular weight is 1010 g/mol. The van der Waals surface area contributed by atoms with E-state index in [2.05, 4.69) is 56.2 Å². The molecule has 4 aromatic rings. The summed E-state index contributed by atoms with van der Waals surface area (Å²) in [6, 6.07) is 27.0. The van der Waals surface area contributed by atoms with E-state index in [1.165, 1.54) is 11.1 Å². The molecule has 0 saturated carbocycles. The molecule has 8 atom stereocenters. The number of nitrogens with zero attached hydrogens (tertiary/aromatic N) is 2. The smallest absolute Gasteiger partial charge is 0.246 e. The predicted octanol–water partition coefficient (Wildman–Crippen LogP) is 4.68. The Balaban J connectivity index is 0.872. The van der Waals surface area contributed by atoms with Crippen molar-refractivity contribution in [2.24, 2.45) is 0 Å². The summed E-state index contributed by atoms with van der Waals surface area (Å²) in [5.74, 6) is -1.59. The van der Waals surface area contributed by atoms with Gasteiger partial charge >= 0.3 is 0 Å². The molecule has 8 rings (SSSR count). The zero-order chi connectivity index (χ0) is 52.3. The fraction of sp³-hybridized carbons (Fsp3) is 0.475. The molecular weight excluding hydrogens is 933 g/mol. The number of Topliss-reactive ketones (excluding diaryl/α,β-unsaturated/α-hetero) is 1. The molecule has 0 aromatic heterocycles. The largest absolute Gasteiger partial charge is 0.347 e. The molecule has 0 radical (unpaired) electrons. The number of fused-ring (bicyclic) bond motifs is 2. The van der Waals surface area contributed by atoms with Gasteiger partial charge in [-0.15, -0.1) is 0 Å². The van der Waals surface area contributed by atoms with Crippen LogP contribution in [0.2, 0.25) is 0 Å². The van der Waals surface area contributed by atoms with Gasteiger partial charge in [-0.2, -0.15) is 0 Å². The molecule has 15 nitrogen and oxygen atoms in total. The van der Waals surface area contributed by atoms with Crippen LogP contribution in [0.5, 0.6) is 0 Å². The van der Waals surface area contributed by atoms with Crippen LogP contribution >= 0.6 is 0 Å². The van der Waals surface area contributed by atoms with Crippen molar-refractivity contribution in [3.05, 3.63) is 142 Å². The number of likely N-dealkylation sites (N-methyl/N-ethyl adjacent to an activating group) is 2. The first kappa shape index (κ1) is 53.6. The zero-order valence-corrected chi connectivity index (χ0v) is 43.4. The minimum atomic E-state index is -0.909. The first-order chi connectivity index (χ1) is 35.8. The summed E-state index contributed by atoms with van der Waals surface area (Å²) in [6.45, 7) is 4.29. The summed E-state index contributed by atoms with van der Waals surface area (Å²) >= 11 is 0. The lowest BCUT2D eigenvalue weighted by Crippen LogP contribution is -2.56. The Morgan fingerprint density at radius 2 is 0.878 bits per heavy atom. The van der Waals surface area contributed by atoms with Crippen LogP contribution in [0.3, 0.4) is 0 Å². The Morgan fingerprint density at radius 1 is 0.500 bits per heavy atom. The number of benzene rings is 4. The van der Waals surface area contributed by atoms with Crippen molar-refractivity contribution in [1.82, 2.24) is 41.7 Å². The van der Waals surface area contributed by atoms with E-state index < -0.39 is 36.3 Å². The van der Waals surface area contributed by atoms with Gasteiger partial charge in [-0.25, -0.2) is 0 Å². The maximum atomic E-state index is 14.4. The van der Waals surface area contributed by atoms with E-state index in [-0.39, 0.29) is 79.0 Å². The second-order valence-corrected chi connectivity index (χ2v) is 20.8. The second kappa shape index (κ2) is 25.0. The highest BCUT2D eigenvalue weighted by atomic mass is 16.2. The van der Waals surface area contributed by atoms with Crippen molar-refractivity contribution >= 4 is 41.2 Å². The molecule has 2 aliphatic heterocycles. The molecule has 6 amide bonds. The summed E-state index contributed by atoms with van der Waals surface area (Å²) in [5, 5.41) is 18.3. The quantitative estimate of drug-likeness (QED) is 0.0729. The van der Waals surface area contributed by atoms with Gasteiger partial charge in [0.25, 0.3) is 0 Å². The minimum Gasteiger partial charge on any atom is -0.347 e. The summed E-state index contributed by atoms with van der Waals surface area (Å²) in [4.78, 5) is 99.6. The van der Waals surface area contributed by atoms with Crippen LogP contribution in [0, 0.1) is 0 Å².